The van der Waals surface area contributed by atoms with Crippen LogP contribution in [0.5, 0.6) is 0 Å². The molecule has 6 nitrogen and oxygen atoms in total. The van der Waals surface area contributed by atoms with Gasteiger partial charge < -0.3 is 10.2 Å². The topological polar surface area (TPSA) is 61.4 Å². The van der Waals surface area contributed by atoms with Gasteiger partial charge in [-0.05, 0) is 40.4 Å². The van der Waals surface area contributed by atoms with Crippen molar-refractivity contribution in [3.05, 3.63) is 23.3 Å². The molecule has 1 aromatic rings. The fraction of sp³-hybridized carbons (Fsp3) is 0.667. The van der Waals surface area contributed by atoms with E-state index in [9.17, 15) is 4.79 Å². The van der Waals surface area contributed by atoms with Crippen molar-refractivity contribution in [2.45, 2.75) is 32.4 Å². The highest BCUT2D eigenvalue weighted by Gasteiger charge is 2.30. The molecule has 1 N–H and O–H groups in total. The van der Waals surface area contributed by atoms with Crippen molar-refractivity contribution in [1.29, 1.82) is 0 Å². The van der Waals surface area contributed by atoms with Crippen LogP contribution >= 0.6 is 0 Å². The summed E-state index contributed by atoms with van der Waals surface area (Å²) in [5, 5.41) is 2.70. The monoisotopic (exact) mass is 291 g/mol. The van der Waals surface area contributed by atoms with Crippen molar-refractivity contribution in [1.82, 2.24) is 25.1 Å². The average Bonchev–Trinajstić information content (AvgIpc) is 2.88. The van der Waals surface area contributed by atoms with Crippen LogP contribution in [-0.4, -0.2) is 59.9 Å². The summed E-state index contributed by atoms with van der Waals surface area (Å²) < 4.78 is 0. The molecular weight excluding hydrogens is 266 g/mol. The summed E-state index contributed by atoms with van der Waals surface area (Å²) in [5.41, 5.74) is 2.23. The Morgan fingerprint density at radius 2 is 2.29 bits per heavy atom. The second kappa shape index (κ2) is 6.95. The standard InChI is InChI=1S/C15H25N5O/c1-11-17-8-12(9-19(3)4)15(18-11)13-6-5-7-20(13)10-14(21)16-2/h8,13H,5-7,9-10H2,1-4H3,(H,16,21). The van der Waals surface area contributed by atoms with Crippen molar-refractivity contribution in [3.8, 4) is 0 Å². The van der Waals surface area contributed by atoms with Gasteiger partial charge in [-0.15, -0.1) is 0 Å². The molecule has 1 unspecified atom stereocenters. The molecule has 1 fully saturated rings. The van der Waals surface area contributed by atoms with Gasteiger partial charge >= 0.3 is 0 Å². The van der Waals surface area contributed by atoms with Crippen LogP contribution in [0.2, 0.25) is 0 Å². The highest BCUT2D eigenvalue weighted by molar-refractivity contribution is 5.77. The lowest BCUT2D eigenvalue weighted by atomic mass is 10.1. The minimum absolute atomic E-state index is 0.0573. The largest absolute Gasteiger partial charge is 0.358 e. The molecule has 1 aliphatic heterocycles. The summed E-state index contributed by atoms with van der Waals surface area (Å²) in [6.45, 7) is 4.12. The number of amides is 1. The Balaban J connectivity index is 2.26. The molecular formula is C15H25N5O. The van der Waals surface area contributed by atoms with E-state index in [2.05, 4.69) is 25.1 Å². The molecule has 0 saturated carbocycles. The molecule has 21 heavy (non-hydrogen) atoms. The zero-order chi connectivity index (χ0) is 15.4. The first kappa shape index (κ1) is 15.9. The summed E-state index contributed by atoms with van der Waals surface area (Å²) in [5.74, 6) is 0.848. The van der Waals surface area contributed by atoms with E-state index >= 15 is 0 Å². The number of aryl methyl sites for hydroxylation is 1. The van der Waals surface area contributed by atoms with Crippen molar-refractivity contribution >= 4 is 5.91 Å². The van der Waals surface area contributed by atoms with E-state index in [0.29, 0.717) is 6.54 Å². The molecule has 1 aliphatic rings. The second-order valence-electron chi connectivity index (χ2n) is 5.87. The Morgan fingerprint density at radius 1 is 1.52 bits per heavy atom. The van der Waals surface area contributed by atoms with Gasteiger partial charge in [0, 0.05) is 25.4 Å². The maximum atomic E-state index is 11.7. The fourth-order valence-corrected chi connectivity index (χ4v) is 2.85. The van der Waals surface area contributed by atoms with Crippen molar-refractivity contribution in [2.75, 3.05) is 34.2 Å². The lowest BCUT2D eigenvalue weighted by Gasteiger charge is -2.25. The van der Waals surface area contributed by atoms with Gasteiger partial charge in [0.15, 0.2) is 0 Å². The number of likely N-dealkylation sites (tertiary alicyclic amines) is 1. The maximum Gasteiger partial charge on any atom is 0.233 e. The van der Waals surface area contributed by atoms with Crippen molar-refractivity contribution < 1.29 is 4.79 Å². The Kier molecular flexibility index (Phi) is 5.25. The SMILES string of the molecule is CNC(=O)CN1CCCC1c1nc(C)ncc1CN(C)C. The third-order valence-electron chi connectivity index (χ3n) is 3.81. The summed E-state index contributed by atoms with van der Waals surface area (Å²) >= 11 is 0. The summed E-state index contributed by atoms with van der Waals surface area (Å²) in [6.07, 6.45) is 4.08. The molecule has 6 heteroatoms. The zero-order valence-electron chi connectivity index (χ0n) is 13.4. The van der Waals surface area contributed by atoms with Crippen LogP contribution in [0.25, 0.3) is 0 Å². The number of likely N-dealkylation sites (N-methyl/N-ethyl adjacent to an activating group) is 1. The van der Waals surface area contributed by atoms with Gasteiger partial charge in [0.05, 0.1) is 18.3 Å². The molecule has 0 radical (unpaired) electrons. The second-order valence-corrected chi connectivity index (χ2v) is 5.87. The van der Waals surface area contributed by atoms with Crippen LogP contribution in [0, 0.1) is 6.92 Å². The number of aromatic nitrogens is 2. The molecule has 0 aliphatic carbocycles. The van der Waals surface area contributed by atoms with Gasteiger partial charge in [-0.2, -0.15) is 0 Å². The van der Waals surface area contributed by atoms with Gasteiger partial charge in [-0.3, -0.25) is 9.69 Å². The Bertz CT molecular complexity index is 503. The summed E-state index contributed by atoms with van der Waals surface area (Å²) in [6, 6.07) is 0.221. The Labute approximate surface area is 126 Å². The molecule has 1 amide bonds. The van der Waals surface area contributed by atoms with E-state index in [0.717, 1.165) is 43.0 Å². The number of carbonyl (C=O) groups is 1. The minimum Gasteiger partial charge on any atom is -0.358 e. The van der Waals surface area contributed by atoms with Crippen LogP contribution in [0.3, 0.4) is 0 Å². The number of rotatable bonds is 5. The molecule has 0 aromatic carbocycles. The predicted octanol–water partition coefficient (Wildman–Crippen LogP) is 0.730. The fourth-order valence-electron chi connectivity index (χ4n) is 2.85. The molecule has 1 atom stereocenters. The first-order valence-corrected chi connectivity index (χ1v) is 7.43. The van der Waals surface area contributed by atoms with E-state index < -0.39 is 0 Å². The van der Waals surface area contributed by atoms with Gasteiger partial charge in [0.2, 0.25) is 5.91 Å². The van der Waals surface area contributed by atoms with E-state index in [1.165, 1.54) is 0 Å². The highest BCUT2D eigenvalue weighted by Crippen LogP contribution is 2.32. The molecule has 2 rings (SSSR count). The summed E-state index contributed by atoms with van der Waals surface area (Å²) in [7, 11) is 5.76. The molecule has 116 valence electrons. The van der Waals surface area contributed by atoms with Crippen LogP contribution in [0.1, 0.15) is 36.0 Å². The first-order chi connectivity index (χ1) is 10.0. The zero-order valence-corrected chi connectivity index (χ0v) is 13.4. The van der Waals surface area contributed by atoms with E-state index in [1.54, 1.807) is 7.05 Å². The molecule has 0 spiro atoms. The normalized spacial score (nSPS) is 19.2. The van der Waals surface area contributed by atoms with Crippen LogP contribution in [-0.2, 0) is 11.3 Å². The lowest BCUT2D eigenvalue weighted by Crippen LogP contribution is -2.36. The van der Waals surface area contributed by atoms with E-state index in [1.807, 2.05) is 27.2 Å². The summed E-state index contributed by atoms with van der Waals surface area (Å²) in [4.78, 5) is 25.0. The van der Waals surface area contributed by atoms with Crippen molar-refractivity contribution in [2.24, 2.45) is 0 Å². The van der Waals surface area contributed by atoms with E-state index in [-0.39, 0.29) is 11.9 Å². The Hall–Kier alpha value is -1.53. The third-order valence-corrected chi connectivity index (χ3v) is 3.81. The minimum atomic E-state index is 0.0573. The van der Waals surface area contributed by atoms with Crippen LogP contribution < -0.4 is 5.32 Å². The lowest BCUT2D eigenvalue weighted by molar-refractivity contribution is -0.122. The molecule has 1 saturated heterocycles. The number of nitrogens with one attached hydrogen (secondary N) is 1. The van der Waals surface area contributed by atoms with Crippen LogP contribution in [0.4, 0.5) is 0 Å². The molecule has 2 heterocycles. The quantitative estimate of drug-likeness (QED) is 0.866. The molecule has 0 bridgehead atoms. The van der Waals surface area contributed by atoms with E-state index in [4.69, 9.17) is 0 Å². The maximum absolute atomic E-state index is 11.7. The number of hydrogen-bond acceptors (Lipinski definition) is 5. The average molecular weight is 291 g/mol. The molecule has 1 aromatic heterocycles. The highest BCUT2D eigenvalue weighted by atomic mass is 16.1. The number of carbonyl (C=O) groups excluding carboxylic acids is 1. The van der Waals surface area contributed by atoms with Crippen LogP contribution in [0.15, 0.2) is 6.20 Å². The smallest absolute Gasteiger partial charge is 0.233 e. The predicted molar refractivity (Wildman–Crippen MR) is 81.8 cm³/mol. The van der Waals surface area contributed by atoms with Crippen molar-refractivity contribution in [3.63, 3.8) is 0 Å². The van der Waals surface area contributed by atoms with Gasteiger partial charge in [0.25, 0.3) is 0 Å². The number of hydrogen-bond donors (Lipinski definition) is 1. The first-order valence-electron chi connectivity index (χ1n) is 7.43. The van der Waals surface area contributed by atoms with Gasteiger partial charge in [-0.1, -0.05) is 0 Å². The van der Waals surface area contributed by atoms with Gasteiger partial charge in [0.1, 0.15) is 5.82 Å². The third kappa shape index (κ3) is 3.98. The van der Waals surface area contributed by atoms with Gasteiger partial charge in [-0.25, -0.2) is 9.97 Å². The Morgan fingerprint density at radius 3 is 2.95 bits per heavy atom. The number of nitrogens with zero attached hydrogens (tertiary/aromatic N) is 4.